The van der Waals surface area contributed by atoms with Gasteiger partial charge in [0, 0.05) is 6.61 Å². The van der Waals surface area contributed by atoms with Gasteiger partial charge in [-0.15, -0.1) is 0 Å². The first-order chi connectivity index (χ1) is 8.18. The van der Waals surface area contributed by atoms with Crippen molar-refractivity contribution in [3.63, 3.8) is 0 Å². The SMILES string of the molecule is CC(c1ccccc1CC(=O)O)C1CCOC1. The van der Waals surface area contributed by atoms with Crippen molar-refractivity contribution in [2.24, 2.45) is 5.92 Å². The van der Waals surface area contributed by atoms with Gasteiger partial charge in [-0.3, -0.25) is 4.79 Å². The fourth-order valence-electron chi connectivity index (χ4n) is 2.50. The van der Waals surface area contributed by atoms with Gasteiger partial charge in [0.25, 0.3) is 0 Å². The van der Waals surface area contributed by atoms with Gasteiger partial charge in [0.15, 0.2) is 0 Å². The summed E-state index contributed by atoms with van der Waals surface area (Å²) in [6, 6.07) is 7.84. The quantitative estimate of drug-likeness (QED) is 0.870. The molecule has 92 valence electrons. The van der Waals surface area contributed by atoms with Crippen LogP contribution in [0.2, 0.25) is 0 Å². The zero-order chi connectivity index (χ0) is 12.3. The van der Waals surface area contributed by atoms with Crippen molar-refractivity contribution in [1.82, 2.24) is 0 Å². The first-order valence-corrected chi connectivity index (χ1v) is 6.06. The van der Waals surface area contributed by atoms with Gasteiger partial charge in [0.2, 0.25) is 0 Å². The lowest BCUT2D eigenvalue weighted by Gasteiger charge is -2.20. The fourth-order valence-corrected chi connectivity index (χ4v) is 2.50. The van der Waals surface area contributed by atoms with Crippen LogP contribution in [0.25, 0.3) is 0 Å². The van der Waals surface area contributed by atoms with E-state index in [4.69, 9.17) is 9.84 Å². The van der Waals surface area contributed by atoms with Gasteiger partial charge in [-0.05, 0) is 29.4 Å². The standard InChI is InChI=1S/C14H18O3/c1-10(12-6-7-17-9-12)13-5-3-2-4-11(13)8-14(15)16/h2-5,10,12H,6-9H2,1H3,(H,15,16). The molecule has 0 amide bonds. The number of hydrogen-bond donors (Lipinski definition) is 1. The summed E-state index contributed by atoms with van der Waals surface area (Å²) >= 11 is 0. The largest absolute Gasteiger partial charge is 0.481 e. The maximum atomic E-state index is 10.8. The van der Waals surface area contributed by atoms with Gasteiger partial charge in [-0.25, -0.2) is 0 Å². The zero-order valence-electron chi connectivity index (χ0n) is 10.1. The average molecular weight is 234 g/mol. The summed E-state index contributed by atoms with van der Waals surface area (Å²) in [7, 11) is 0. The molecule has 0 spiro atoms. The highest BCUT2D eigenvalue weighted by atomic mass is 16.5. The third kappa shape index (κ3) is 2.86. The molecule has 1 fully saturated rings. The van der Waals surface area contributed by atoms with Crippen molar-refractivity contribution in [2.45, 2.75) is 25.7 Å². The predicted octanol–water partition coefficient (Wildman–Crippen LogP) is 2.45. The normalized spacial score (nSPS) is 21.4. The van der Waals surface area contributed by atoms with E-state index in [2.05, 4.69) is 6.92 Å². The molecule has 3 heteroatoms. The molecule has 0 aliphatic carbocycles. The van der Waals surface area contributed by atoms with Crippen LogP contribution in [0, 0.1) is 5.92 Å². The second kappa shape index (κ2) is 5.32. The van der Waals surface area contributed by atoms with E-state index in [1.165, 1.54) is 0 Å². The number of carbonyl (C=O) groups is 1. The fraction of sp³-hybridized carbons (Fsp3) is 0.500. The Bertz CT molecular complexity index is 394. The first kappa shape index (κ1) is 12.1. The molecule has 1 N–H and O–H groups in total. The molecule has 0 radical (unpaired) electrons. The van der Waals surface area contributed by atoms with Crippen molar-refractivity contribution in [2.75, 3.05) is 13.2 Å². The van der Waals surface area contributed by atoms with E-state index in [0.717, 1.165) is 30.8 Å². The molecule has 0 aromatic heterocycles. The van der Waals surface area contributed by atoms with Gasteiger partial charge in [-0.1, -0.05) is 31.2 Å². The van der Waals surface area contributed by atoms with Crippen LogP contribution in [0.3, 0.4) is 0 Å². The van der Waals surface area contributed by atoms with Crippen molar-refractivity contribution < 1.29 is 14.6 Å². The molecule has 2 rings (SSSR count). The van der Waals surface area contributed by atoms with Crippen LogP contribution in [0.5, 0.6) is 0 Å². The second-order valence-electron chi connectivity index (χ2n) is 4.68. The van der Waals surface area contributed by atoms with Crippen LogP contribution in [0.4, 0.5) is 0 Å². The summed E-state index contributed by atoms with van der Waals surface area (Å²) in [5.41, 5.74) is 2.09. The Hall–Kier alpha value is -1.35. The Kier molecular flexibility index (Phi) is 3.79. The highest BCUT2D eigenvalue weighted by Gasteiger charge is 2.25. The summed E-state index contributed by atoms with van der Waals surface area (Å²) in [4.78, 5) is 10.8. The lowest BCUT2D eigenvalue weighted by molar-refractivity contribution is -0.136. The number of ether oxygens (including phenoxy) is 1. The zero-order valence-corrected chi connectivity index (χ0v) is 10.1. The summed E-state index contributed by atoms with van der Waals surface area (Å²) in [6.45, 7) is 3.79. The Morgan fingerprint density at radius 2 is 2.29 bits per heavy atom. The van der Waals surface area contributed by atoms with Gasteiger partial charge >= 0.3 is 5.97 Å². The van der Waals surface area contributed by atoms with Crippen LogP contribution in [0.1, 0.15) is 30.4 Å². The molecule has 2 unspecified atom stereocenters. The molecular weight excluding hydrogens is 216 g/mol. The Labute approximate surface area is 101 Å². The summed E-state index contributed by atoms with van der Waals surface area (Å²) in [6.07, 6.45) is 1.18. The summed E-state index contributed by atoms with van der Waals surface area (Å²) < 4.78 is 5.40. The monoisotopic (exact) mass is 234 g/mol. The average Bonchev–Trinajstić information content (AvgIpc) is 2.81. The second-order valence-corrected chi connectivity index (χ2v) is 4.68. The maximum absolute atomic E-state index is 10.8. The minimum atomic E-state index is -0.771. The number of carboxylic acids is 1. The Morgan fingerprint density at radius 3 is 2.94 bits per heavy atom. The molecule has 1 saturated heterocycles. The van der Waals surface area contributed by atoms with Crippen LogP contribution >= 0.6 is 0 Å². The smallest absolute Gasteiger partial charge is 0.307 e. The van der Waals surface area contributed by atoms with Crippen LogP contribution in [-0.4, -0.2) is 24.3 Å². The molecule has 3 nitrogen and oxygen atoms in total. The Balaban J connectivity index is 2.20. The van der Waals surface area contributed by atoms with Crippen LogP contribution in [0.15, 0.2) is 24.3 Å². The Morgan fingerprint density at radius 1 is 1.53 bits per heavy atom. The number of rotatable bonds is 4. The molecule has 1 aromatic rings. The van der Waals surface area contributed by atoms with Gasteiger partial charge < -0.3 is 9.84 Å². The van der Waals surface area contributed by atoms with Crippen LogP contribution < -0.4 is 0 Å². The predicted molar refractivity (Wildman–Crippen MR) is 65.1 cm³/mol. The topological polar surface area (TPSA) is 46.5 Å². The van der Waals surface area contributed by atoms with E-state index in [0.29, 0.717) is 11.8 Å². The third-order valence-electron chi connectivity index (χ3n) is 3.56. The molecule has 17 heavy (non-hydrogen) atoms. The molecule has 0 bridgehead atoms. The number of hydrogen-bond acceptors (Lipinski definition) is 2. The molecule has 0 saturated carbocycles. The lowest BCUT2D eigenvalue weighted by Crippen LogP contribution is -2.13. The summed E-state index contributed by atoms with van der Waals surface area (Å²) in [5, 5.41) is 8.91. The van der Waals surface area contributed by atoms with Crippen molar-refractivity contribution >= 4 is 5.97 Å². The molecule has 1 aliphatic rings. The van der Waals surface area contributed by atoms with E-state index < -0.39 is 5.97 Å². The van der Waals surface area contributed by atoms with E-state index in [1.807, 2.05) is 24.3 Å². The molecule has 1 aromatic carbocycles. The first-order valence-electron chi connectivity index (χ1n) is 6.06. The molecule has 1 heterocycles. The van der Waals surface area contributed by atoms with E-state index in [-0.39, 0.29) is 6.42 Å². The molecule has 1 aliphatic heterocycles. The third-order valence-corrected chi connectivity index (χ3v) is 3.56. The molecular formula is C14H18O3. The van der Waals surface area contributed by atoms with E-state index >= 15 is 0 Å². The van der Waals surface area contributed by atoms with E-state index in [9.17, 15) is 4.79 Å². The van der Waals surface area contributed by atoms with Crippen LogP contribution in [-0.2, 0) is 16.0 Å². The van der Waals surface area contributed by atoms with Crippen molar-refractivity contribution in [3.05, 3.63) is 35.4 Å². The van der Waals surface area contributed by atoms with Crippen molar-refractivity contribution in [3.8, 4) is 0 Å². The molecule has 2 atom stereocenters. The van der Waals surface area contributed by atoms with Gasteiger partial charge in [0.1, 0.15) is 0 Å². The van der Waals surface area contributed by atoms with Gasteiger partial charge in [-0.2, -0.15) is 0 Å². The lowest BCUT2D eigenvalue weighted by atomic mass is 9.84. The minimum absolute atomic E-state index is 0.105. The van der Waals surface area contributed by atoms with Gasteiger partial charge in [0.05, 0.1) is 13.0 Å². The number of carboxylic acid groups (broad SMARTS) is 1. The summed E-state index contributed by atoms with van der Waals surface area (Å²) in [5.74, 6) is 0.116. The maximum Gasteiger partial charge on any atom is 0.307 e. The highest BCUT2D eigenvalue weighted by Crippen LogP contribution is 2.32. The number of aliphatic carboxylic acids is 1. The highest BCUT2D eigenvalue weighted by molar-refractivity contribution is 5.70. The van der Waals surface area contributed by atoms with E-state index in [1.54, 1.807) is 0 Å². The number of benzene rings is 1. The minimum Gasteiger partial charge on any atom is -0.481 e. The van der Waals surface area contributed by atoms with Crippen molar-refractivity contribution in [1.29, 1.82) is 0 Å².